The summed E-state index contributed by atoms with van der Waals surface area (Å²) in [7, 11) is 0. The fraction of sp³-hybridized carbons (Fsp3) is 0.214. The molecule has 0 aliphatic heterocycles. The Hall–Kier alpha value is -0.910. The molecular formula is C14H15BrN2S2. The summed E-state index contributed by atoms with van der Waals surface area (Å²) < 4.78 is 0.978. The highest BCUT2D eigenvalue weighted by atomic mass is 79.9. The van der Waals surface area contributed by atoms with Crippen LogP contribution in [0.1, 0.15) is 17.4 Å². The molecule has 0 aliphatic carbocycles. The molecular weight excluding hydrogens is 340 g/mol. The van der Waals surface area contributed by atoms with Gasteiger partial charge in [-0.25, -0.2) is 0 Å². The Balaban J connectivity index is 2.12. The zero-order valence-electron chi connectivity index (χ0n) is 10.5. The molecule has 1 heterocycles. The van der Waals surface area contributed by atoms with Crippen molar-refractivity contribution in [1.29, 1.82) is 0 Å². The van der Waals surface area contributed by atoms with Gasteiger partial charge in [0.05, 0.1) is 0 Å². The van der Waals surface area contributed by atoms with Crippen LogP contribution in [0.5, 0.6) is 0 Å². The summed E-state index contributed by atoms with van der Waals surface area (Å²) >= 11 is 10.3. The van der Waals surface area contributed by atoms with Gasteiger partial charge in [-0.15, -0.1) is 11.3 Å². The third kappa shape index (κ3) is 4.03. The molecule has 0 amide bonds. The highest BCUT2D eigenvalue weighted by molar-refractivity contribution is 9.10. The van der Waals surface area contributed by atoms with Crippen molar-refractivity contribution < 1.29 is 0 Å². The first-order valence-electron chi connectivity index (χ1n) is 5.94. The Labute approximate surface area is 131 Å². The molecule has 0 spiro atoms. The van der Waals surface area contributed by atoms with Crippen LogP contribution in [0.15, 0.2) is 40.2 Å². The van der Waals surface area contributed by atoms with E-state index in [4.69, 9.17) is 18.0 Å². The third-order valence-electron chi connectivity index (χ3n) is 2.74. The van der Waals surface area contributed by atoms with Crippen molar-refractivity contribution in [3.63, 3.8) is 0 Å². The molecule has 2 rings (SSSR count). The summed E-state index contributed by atoms with van der Waals surface area (Å²) in [4.78, 5) is 1.78. The second kappa shape index (κ2) is 6.50. The van der Waals surface area contributed by atoms with Crippen molar-refractivity contribution in [1.82, 2.24) is 0 Å². The number of thiocarbonyl (C=S) groups is 1. The highest BCUT2D eigenvalue weighted by Crippen LogP contribution is 2.22. The molecule has 0 fully saturated rings. The SMILES string of the molecule is CC(Cc1cccs1)Nc1ccc(Br)cc1C(N)=S. The number of nitrogens with one attached hydrogen (secondary N) is 1. The van der Waals surface area contributed by atoms with Crippen molar-refractivity contribution in [2.24, 2.45) is 5.73 Å². The quantitative estimate of drug-likeness (QED) is 0.790. The lowest BCUT2D eigenvalue weighted by Crippen LogP contribution is -2.21. The van der Waals surface area contributed by atoms with E-state index in [0.717, 1.165) is 22.1 Å². The van der Waals surface area contributed by atoms with Crippen LogP contribution in [-0.4, -0.2) is 11.0 Å². The minimum atomic E-state index is 0.327. The van der Waals surface area contributed by atoms with Gasteiger partial charge < -0.3 is 11.1 Å². The monoisotopic (exact) mass is 354 g/mol. The molecule has 3 N–H and O–H groups in total. The number of anilines is 1. The fourth-order valence-corrected chi connectivity index (χ4v) is 3.26. The van der Waals surface area contributed by atoms with Crippen molar-refractivity contribution in [3.8, 4) is 0 Å². The molecule has 100 valence electrons. The zero-order chi connectivity index (χ0) is 13.8. The van der Waals surface area contributed by atoms with E-state index in [-0.39, 0.29) is 0 Å². The normalized spacial score (nSPS) is 12.1. The molecule has 0 saturated carbocycles. The lowest BCUT2D eigenvalue weighted by molar-refractivity contribution is 0.800. The number of rotatable bonds is 5. The maximum atomic E-state index is 5.77. The Morgan fingerprint density at radius 1 is 1.47 bits per heavy atom. The van der Waals surface area contributed by atoms with E-state index in [9.17, 15) is 0 Å². The average molecular weight is 355 g/mol. The van der Waals surface area contributed by atoms with Crippen LogP contribution in [0, 0.1) is 0 Å². The van der Waals surface area contributed by atoms with Crippen LogP contribution in [0.4, 0.5) is 5.69 Å². The second-order valence-electron chi connectivity index (χ2n) is 4.38. The molecule has 1 aromatic carbocycles. The summed E-state index contributed by atoms with van der Waals surface area (Å²) in [6.45, 7) is 2.16. The summed E-state index contributed by atoms with van der Waals surface area (Å²) in [5.41, 5.74) is 7.63. The molecule has 2 aromatic rings. The summed E-state index contributed by atoms with van der Waals surface area (Å²) in [6.07, 6.45) is 0.991. The van der Waals surface area contributed by atoms with Gasteiger partial charge in [-0.3, -0.25) is 0 Å². The van der Waals surface area contributed by atoms with Crippen LogP contribution < -0.4 is 11.1 Å². The molecule has 5 heteroatoms. The molecule has 0 saturated heterocycles. The molecule has 0 bridgehead atoms. The molecule has 1 atom stereocenters. The van der Waals surface area contributed by atoms with Crippen LogP contribution in [-0.2, 0) is 6.42 Å². The van der Waals surface area contributed by atoms with Gasteiger partial charge >= 0.3 is 0 Å². The Kier molecular flexibility index (Phi) is 4.96. The van der Waals surface area contributed by atoms with Crippen LogP contribution >= 0.6 is 39.5 Å². The first-order valence-corrected chi connectivity index (χ1v) is 8.02. The van der Waals surface area contributed by atoms with Crippen molar-refractivity contribution >= 4 is 50.2 Å². The van der Waals surface area contributed by atoms with E-state index in [0.29, 0.717) is 11.0 Å². The molecule has 0 radical (unpaired) electrons. The van der Waals surface area contributed by atoms with E-state index in [2.05, 4.69) is 45.7 Å². The Morgan fingerprint density at radius 3 is 2.89 bits per heavy atom. The third-order valence-corrected chi connectivity index (χ3v) is 4.35. The maximum absolute atomic E-state index is 5.77. The predicted octanol–water partition coefficient (Wildman–Crippen LogP) is 4.19. The van der Waals surface area contributed by atoms with Crippen LogP contribution in [0.2, 0.25) is 0 Å². The van der Waals surface area contributed by atoms with E-state index in [1.807, 2.05) is 18.2 Å². The fourth-order valence-electron chi connectivity index (χ4n) is 1.89. The topological polar surface area (TPSA) is 38.0 Å². The largest absolute Gasteiger partial charge is 0.389 e. The van der Waals surface area contributed by atoms with E-state index in [1.165, 1.54) is 4.88 Å². The molecule has 2 nitrogen and oxygen atoms in total. The smallest absolute Gasteiger partial charge is 0.106 e. The van der Waals surface area contributed by atoms with Gasteiger partial charge in [0.1, 0.15) is 4.99 Å². The summed E-state index contributed by atoms with van der Waals surface area (Å²) in [5, 5.41) is 5.57. The molecule has 1 aromatic heterocycles. The second-order valence-corrected chi connectivity index (χ2v) is 6.77. The lowest BCUT2D eigenvalue weighted by atomic mass is 10.1. The summed E-state index contributed by atoms with van der Waals surface area (Å²) in [5.74, 6) is 0. The van der Waals surface area contributed by atoms with E-state index >= 15 is 0 Å². The zero-order valence-corrected chi connectivity index (χ0v) is 13.7. The molecule has 0 aliphatic rings. The Morgan fingerprint density at radius 2 is 2.26 bits per heavy atom. The minimum Gasteiger partial charge on any atom is -0.389 e. The predicted molar refractivity (Wildman–Crippen MR) is 91.1 cm³/mol. The minimum absolute atomic E-state index is 0.327. The van der Waals surface area contributed by atoms with Gasteiger partial charge in [0.25, 0.3) is 0 Å². The first kappa shape index (κ1) is 14.5. The van der Waals surface area contributed by atoms with E-state index < -0.39 is 0 Å². The standard InChI is InChI=1S/C14H15BrN2S2/c1-9(7-11-3-2-6-19-11)17-13-5-4-10(15)8-12(13)14(16)18/h2-6,8-9,17H,7H2,1H3,(H2,16,18). The van der Waals surface area contributed by atoms with Gasteiger partial charge in [0.15, 0.2) is 0 Å². The lowest BCUT2D eigenvalue weighted by Gasteiger charge is -2.17. The first-order chi connectivity index (χ1) is 9.06. The van der Waals surface area contributed by atoms with Crippen molar-refractivity contribution in [2.75, 3.05) is 5.32 Å². The average Bonchev–Trinajstić information content (AvgIpc) is 2.83. The number of hydrogen-bond donors (Lipinski definition) is 2. The molecule has 1 unspecified atom stereocenters. The summed E-state index contributed by atoms with van der Waals surface area (Å²) in [6, 6.07) is 10.5. The van der Waals surface area contributed by atoms with Crippen molar-refractivity contribution in [2.45, 2.75) is 19.4 Å². The van der Waals surface area contributed by atoms with Gasteiger partial charge in [0.2, 0.25) is 0 Å². The van der Waals surface area contributed by atoms with Gasteiger partial charge in [-0.1, -0.05) is 34.2 Å². The Bertz CT molecular complexity index is 567. The number of benzene rings is 1. The van der Waals surface area contributed by atoms with Gasteiger partial charge in [-0.05, 0) is 36.6 Å². The maximum Gasteiger partial charge on any atom is 0.106 e. The van der Waals surface area contributed by atoms with Gasteiger partial charge in [-0.2, -0.15) is 0 Å². The van der Waals surface area contributed by atoms with Crippen LogP contribution in [0.3, 0.4) is 0 Å². The van der Waals surface area contributed by atoms with Crippen molar-refractivity contribution in [3.05, 3.63) is 50.6 Å². The van der Waals surface area contributed by atoms with Crippen LogP contribution in [0.25, 0.3) is 0 Å². The highest BCUT2D eigenvalue weighted by Gasteiger charge is 2.10. The van der Waals surface area contributed by atoms with Gasteiger partial charge in [0, 0.05) is 33.1 Å². The molecule has 19 heavy (non-hydrogen) atoms. The number of thiophene rings is 1. The number of nitrogens with two attached hydrogens (primary N) is 1. The van der Waals surface area contributed by atoms with E-state index in [1.54, 1.807) is 11.3 Å². The number of halogens is 1. The number of hydrogen-bond acceptors (Lipinski definition) is 3.